The minimum Gasteiger partial charge on any atom is -0.469 e. The molecular formula is C11H22N2O4. The van der Waals surface area contributed by atoms with Crippen LogP contribution in [0.5, 0.6) is 0 Å². The van der Waals surface area contributed by atoms with Crippen LogP contribution < -0.4 is 5.73 Å². The molecule has 0 spiro atoms. The second-order valence-corrected chi connectivity index (χ2v) is 3.92. The number of hydrogen-bond donors (Lipinski definition) is 1. The molecule has 6 heteroatoms. The Morgan fingerprint density at radius 1 is 1.29 bits per heavy atom. The van der Waals surface area contributed by atoms with Gasteiger partial charge in [-0.15, -0.1) is 0 Å². The monoisotopic (exact) mass is 246 g/mol. The number of methoxy groups -OCH3 is 2. The SMILES string of the molecule is COCCN(CCC(=O)OC)CC(C)C(N)=O. The van der Waals surface area contributed by atoms with Gasteiger partial charge in [0.15, 0.2) is 0 Å². The molecule has 2 N–H and O–H groups in total. The van der Waals surface area contributed by atoms with E-state index < -0.39 is 0 Å². The van der Waals surface area contributed by atoms with Gasteiger partial charge < -0.3 is 15.2 Å². The number of amides is 1. The van der Waals surface area contributed by atoms with Crippen LogP contribution >= 0.6 is 0 Å². The van der Waals surface area contributed by atoms with Crippen LogP contribution in [0, 0.1) is 5.92 Å². The molecule has 0 bridgehead atoms. The van der Waals surface area contributed by atoms with Gasteiger partial charge in [-0.05, 0) is 0 Å². The van der Waals surface area contributed by atoms with Crippen LogP contribution in [0.3, 0.4) is 0 Å². The number of nitrogens with zero attached hydrogens (tertiary/aromatic N) is 1. The number of esters is 1. The summed E-state index contributed by atoms with van der Waals surface area (Å²) in [6.45, 7) is 4.03. The van der Waals surface area contributed by atoms with Crippen molar-refractivity contribution in [2.45, 2.75) is 13.3 Å². The van der Waals surface area contributed by atoms with Crippen molar-refractivity contribution in [1.29, 1.82) is 0 Å². The molecule has 1 amide bonds. The number of hydrogen-bond acceptors (Lipinski definition) is 5. The molecule has 0 heterocycles. The molecule has 1 atom stereocenters. The lowest BCUT2D eigenvalue weighted by Gasteiger charge is -2.23. The predicted molar refractivity (Wildman–Crippen MR) is 63.3 cm³/mol. The fourth-order valence-corrected chi connectivity index (χ4v) is 1.34. The third kappa shape index (κ3) is 7.70. The molecule has 0 rings (SSSR count). The largest absolute Gasteiger partial charge is 0.469 e. The van der Waals surface area contributed by atoms with Gasteiger partial charge in [-0.3, -0.25) is 14.5 Å². The number of carbonyl (C=O) groups is 2. The smallest absolute Gasteiger partial charge is 0.306 e. The summed E-state index contributed by atoms with van der Waals surface area (Å²) >= 11 is 0. The number of ether oxygens (including phenoxy) is 2. The van der Waals surface area contributed by atoms with Crippen molar-refractivity contribution in [2.75, 3.05) is 40.5 Å². The van der Waals surface area contributed by atoms with Gasteiger partial charge in [-0.1, -0.05) is 6.92 Å². The minimum atomic E-state index is -0.342. The van der Waals surface area contributed by atoms with E-state index in [1.54, 1.807) is 14.0 Å². The van der Waals surface area contributed by atoms with Crippen LogP contribution in [0.2, 0.25) is 0 Å². The van der Waals surface area contributed by atoms with Crippen molar-refractivity contribution >= 4 is 11.9 Å². The fraction of sp³-hybridized carbons (Fsp3) is 0.818. The molecule has 6 nitrogen and oxygen atoms in total. The summed E-state index contributed by atoms with van der Waals surface area (Å²) < 4.78 is 9.54. The third-order valence-electron chi connectivity index (χ3n) is 2.49. The molecule has 0 aliphatic carbocycles. The summed E-state index contributed by atoms with van der Waals surface area (Å²) in [6, 6.07) is 0. The molecular weight excluding hydrogens is 224 g/mol. The summed E-state index contributed by atoms with van der Waals surface area (Å²) in [5, 5.41) is 0. The summed E-state index contributed by atoms with van der Waals surface area (Å²) in [5.41, 5.74) is 5.21. The van der Waals surface area contributed by atoms with Crippen LogP contribution in [0.15, 0.2) is 0 Å². The van der Waals surface area contributed by atoms with Crippen molar-refractivity contribution < 1.29 is 19.1 Å². The molecule has 1 unspecified atom stereocenters. The molecule has 0 saturated heterocycles. The molecule has 0 aliphatic rings. The Balaban J connectivity index is 4.12. The Morgan fingerprint density at radius 2 is 1.94 bits per heavy atom. The Morgan fingerprint density at radius 3 is 2.41 bits per heavy atom. The van der Waals surface area contributed by atoms with Gasteiger partial charge in [0.25, 0.3) is 0 Å². The van der Waals surface area contributed by atoms with E-state index >= 15 is 0 Å². The highest BCUT2D eigenvalue weighted by atomic mass is 16.5. The molecule has 0 fully saturated rings. The molecule has 0 aromatic rings. The summed E-state index contributed by atoms with van der Waals surface area (Å²) in [7, 11) is 2.96. The Labute approximate surface area is 102 Å². The van der Waals surface area contributed by atoms with E-state index in [-0.39, 0.29) is 17.8 Å². The molecule has 0 saturated carbocycles. The Hall–Kier alpha value is -1.14. The second kappa shape index (κ2) is 8.95. The zero-order valence-electron chi connectivity index (χ0n) is 10.8. The van der Waals surface area contributed by atoms with Crippen molar-refractivity contribution in [3.8, 4) is 0 Å². The molecule has 0 aromatic heterocycles. The van der Waals surface area contributed by atoms with Crippen LogP contribution in [0.25, 0.3) is 0 Å². The topological polar surface area (TPSA) is 81.9 Å². The van der Waals surface area contributed by atoms with E-state index in [1.807, 2.05) is 4.90 Å². The maximum atomic E-state index is 11.0. The Bertz CT molecular complexity index is 246. The molecule has 100 valence electrons. The van der Waals surface area contributed by atoms with Crippen LogP contribution in [-0.4, -0.2) is 57.2 Å². The molecule has 0 aromatic carbocycles. The first-order valence-electron chi connectivity index (χ1n) is 5.58. The van der Waals surface area contributed by atoms with Gasteiger partial charge in [-0.2, -0.15) is 0 Å². The fourth-order valence-electron chi connectivity index (χ4n) is 1.34. The van der Waals surface area contributed by atoms with Gasteiger partial charge >= 0.3 is 5.97 Å². The maximum absolute atomic E-state index is 11.0. The molecule has 0 aliphatic heterocycles. The standard InChI is InChI=1S/C11H22N2O4/c1-9(11(12)15)8-13(6-7-16-2)5-4-10(14)17-3/h9H,4-8H2,1-3H3,(H2,12,15). The Kier molecular flexibility index (Phi) is 8.35. The third-order valence-corrected chi connectivity index (χ3v) is 2.49. The quantitative estimate of drug-likeness (QED) is 0.561. The van der Waals surface area contributed by atoms with Gasteiger partial charge in [0.2, 0.25) is 5.91 Å². The summed E-state index contributed by atoms with van der Waals surface area (Å²) in [5.74, 6) is -0.853. The van der Waals surface area contributed by atoms with Gasteiger partial charge in [0, 0.05) is 32.7 Å². The molecule has 17 heavy (non-hydrogen) atoms. The maximum Gasteiger partial charge on any atom is 0.306 e. The zero-order chi connectivity index (χ0) is 13.3. The van der Waals surface area contributed by atoms with Crippen LogP contribution in [0.4, 0.5) is 0 Å². The lowest BCUT2D eigenvalue weighted by Crippen LogP contribution is -2.37. The number of primary amides is 1. The van der Waals surface area contributed by atoms with Crippen molar-refractivity contribution in [1.82, 2.24) is 4.90 Å². The van der Waals surface area contributed by atoms with E-state index in [9.17, 15) is 9.59 Å². The average molecular weight is 246 g/mol. The van der Waals surface area contributed by atoms with Crippen molar-refractivity contribution in [2.24, 2.45) is 11.7 Å². The van der Waals surface area contributed by atoms with Gasteiger partial charge in [0.1, 0.15) is 0 Å². The summed E-state index contributed by atoms with van der Waals surface area (Å²) in [4.78, 5) is 24.0. The van der Waals surface area contributed by atoms with Gasteiger partial charge in [-0.25, -0.2) is 0 Å². The van der Waals surface area contributed by atoms with E-state index in [0.29, 0.717) is 32.7 Å². The number of carbonyl (C=O) groups excluding carboxylic acids is 2. The van der Waals surface area contributed by atoms with E-state index in [4.69, 9.17) is 10.5 Å². The lowest BCUT2D eigenvalue weighted by molar-refractivity contribution is -0.141. The first kappa shape index (κ1) is 15.9. The zero-order valence-corrected chi connectivity index (χ0v) is 10.8. The van der Waals surface area contributed by atoms with E-state index in [0.717, 1.165) is 0 Å². The highest BCUT2D eigenvalue weighted by Crippen LogP contribution is 2.01. The van der Waals surface area contributed by atoms with Crippen LogP contribution in [-0.2, 0) is 19.1 Å². The predicted octanol–water partition coefficient (Wildman–Crippen LogP) is -0.381. The first-order chi connectivity index (χ1) is 8.01. The van der Waals surface area contributed by atoms with Crippen molar-refractivity contribution in [3.63, 3.8) is 0 Å². The first-order valence-corrected chi connectivity index (χ1v) is 5.58. The number of rotatable bonds is 9. The van der Waals surface area contributed by atoms with Crippen molar-refractivity contribution in [3.05, 3.63) is 0 Å². The van der Waals surface area contributed by atoms with Gasteiger partial charge in [0.05, 0.1) is 20.1 Å². The minimum absolute atomic E-state index is 0.246. The summed E-state index contributed by atoms with van der Waals surface area (Å²) in [6.07, 6.45) is 0.297. The average Bonchev–Trinajstić information content (AvgIpc) is 2.31. The normalized spacial score (nSPS) is 12.5. The van der Waals surface area contributed by atoms with Crippen LogP contribution in [0.1, 0.15) is 13.3 Å². The second-order valence-electron chi connectivity index (χ2n) is 3.92. The lowest BCUT2D eigenvalue weighted by atomic mass is 10.1. The highest BCUT2D eigenvalue weighted by molar-refractivity contribution is 5.76. The molecule has 0 radical (unpaired) electrons. The highest BCUT2D eigenvalue weighted by Gasteiger charge is 2.15. The van der Waals surface area contributed by atoms with E-state index in [1.165, 1.54) is 7.11 Å². The van der Waals surface area contributed by atoms with E-state index in [2.05, 4.69) is 4.74 Å². The number of nitrogens with two attached hydrogens (primary N) is 1.